The van der Waals surface area contributed by atoms with Crippen LogP contribution in [0.15, 0.2) is 42.5 Å². The topological polar surface area (TPSA) is 59.1 Å². The van der Waals surface area contributed by atoms with E-state index < -0.39 is 0 Å². The lowest BCUT2D eigenvalue weighted by molar-refractivity contribution is -0.121. The maximum absolute atomic E-state index is 13.0. The molecule has 0 N–H and O–H groups in total. The summed E-state index contributed by atoms with van der Waals surface area (Å²) in [5.41, 5.74) is 3.97. The molecule has 4 rings (SSSR count). The number of morpholine rings is 1. The molecule has 37 heavy (non-hydrogen) atoms. The molecular formula is C31H46N2O4. The third-order valence-electron chi connectivity index (χ3n) is 6.82. The summed E-state index contributed by atoms with van der Waals surface area (Å²) in [6.45, 7) is 13.4. The van der Waals surface area contributed by atoms with Gasteiger partial charge in [-0.25, -0.2) is 0 Å². The second-order valence-electron chi connectivity index (χ2n) is 9.29. The fourth-order valence-corrected chi connectivity index (χ4v) is 4.86. The first-order valence-electron chi connectivity index (χ1n) is 13.5. The van der Waals surface area contributed by atoms with Gasteiger partial charge < -0.3 is 14.4 Å². The number of hydrogen-bond donors (Lipinski definition) is 0. The molecule has 0 bridgehead atoms. The van der Waals surface area contributed by atoms with Gasteiger partial charge in [0, 0.05) is 24.2 Å². The van der Waals surface area contributed by atoms with Crippen molar-refractivity contribution in [3.63, 3.8) is 0 Å². The Morgan fingerprint density at radius 2 is 1.73 bits per heavy atom. The van der Waals surface area contributed by atoms with Gasteiger partial charge in [-0.3, -0.25) is 14.5 Å². The minimum atomic E-state index is -0.367. The van der Waals surface area contributed by atoms with E-state index in [0.717, 1.165) is 69.0 Å². The lowest BCUT2D eigenvalue weighted by atomic mass is 10.1. The van der Waals surface area contributed by atoms with Crippen molar-refractivity contribution in [1.82, 2.24) is 9.80 Å². The van der Waals surface area contributed by atoms with E-state index >= 15 is 0 Å². The zero-order valence-corrected chi connectivity index (χ0v) is 22.4. The quantitative estimate of drug-likeness (QED) is 0.376. The second-order valence-corrected chi connectivity index (χ2v) is 9.29. The van der Waals surface area contributed by atoms with Gasteiger partial charge in [0.1, 0.15) is 12.4 Å². The maximum atomic E-state index is 13.0. The summed E-state index contributed by atoms with van der Waals surface area (Å²) in [5.74, 6) is 0.688. The van der Waals surface area contributed by atoms with E-state index in [-0.39, 0.29) is 25.2 Å². The van der Waals surface area contributed by atoms with Crippen LogP contribution in [-0.4, -0.2) is 60.4 Å². The first-order chi connectivity index (χ1) is 17.6. The molecule has 204 valence electrons. The number of Topliss-reactive ketones (excluding diaryl/α,β-unsaturated/α-hetero) is 1. The molecule has 2 aromatic rings. The SMILES string of the molecule is C.CC.CCCC(C(C)=O)N1Cc2c(OCc3ccc(CCCN4CCOCC4)cc3)cccc2C1=O. The van der Waals surface area contributed by atoms with Crippen molar-refractivity contribution < 1.29 is 19.1 Å². The summed E-state index contributed by atoms with van der Waals surface area (Å²) in [4.78, 5) is 29.3. The molecule has 1 fully saturated rings. The number of rotatable bonds is 11. The van der Waals surface area contributed by atoms with Crippen molar-refractivity contribution in [3.05, 3.63) is 64.7 Å². The number of nitrogens with zero attached hydrogens (tertiary/aromatic N) is 2. The molecule has 0 aliphatic carbocycles. The van der Waals surface area contributed by atoms with Crippen LogP contribution in [0.5, 0.6) is 5.75 Å². The minimum absolute atomic E-state index is 0. The van der Waals surface area contributed by atoms with Crippen LogP contribution in [0.4, 0.5) is 0 Å². The van der Waals surface area contributed by atoms with E-state index in [0.29, 0.717) is 25.1 Å². The molecule has 2 heterocycles. The first kappa shape index (κ1) is 30.5. The highest BCUT2D eigenvalue weighted by atomic mass is 16.5. The van der Waals surface area contributed by atoms with Crippen LogP contribution < -0.4 is 4.74 Å². The van der Waals surface area contributed by atoms with Gasteiger partial charge in [-0.2, -0.15) is 0 Å². The number of amides is 1. The Morgan fingerprint density at radius 1 is 1.05 bits per heavy atom. The van der Waals surface area contributed by atoms with Crippen LogP contribution in [0.1, 0.15) is 81.4 Å². The average Bonchev–Trinajstić information content (AvgIpc) is 3.25. The predicted octanol–water partition coefficient (Wildman–Crippen LogP) is 5.91. The number of carbonyl (C=O) groups excluding carboxylic acids is 2. The van der Waals surface area contributed by atoms with Gasteiger partial charge in [0.05, 0.1) is 25.8 Å². The third-order valence-corrected chi connectivity index (χ3v) is 6.82. The fraction of sp³-hybridized carbons (Fsp3) is 0.548. The molecule has 6 nitrogen and oxygen atoms in total. The maximum Gasteiger partial charge on any atom is 0.255 e. The first-order valence-corrected chi connectivity index (χ1v) is 13.5. The van der Waals surface area contributed by atoms with Crippen LogP contribution in [-0.2, 0) is 29.1 Å². The second kappa shape index (κ2) is 15.5. The van der Waals surface area contributed by atoms with Crippen molar-refractivity contribution in [2.24, 2.45) is 0 Å². The van der Waals surface area contributed by atoms with E-state index in [9.17, 15) is 9.59 Å². The molecule has 6 heteroatoms. The summed E-state index contributed by atoms with van der Waals surface area (Å²) < 4.78 is 11.6. The Labute approximate surface area is 223 Å². The lowest BCUT2D eigenvalue weighted by Crippen LogP contribution is -2.40. The van der Waals surface area contributed by atoms with Gasteiger partial charge in [-0.15, -0.1) is 0 Å². The highest BCUT2D eigenvalue weighted by molar-refractivity contribution is 6.01. The Balaban J connectivity index is 0.00000157. The van der Waals surface area contributed by atoms with Gasteiger partial charge in [-0.1, -0.05) is 65.0 Å². The molecule has 2 aliphatic heterocycles. The number of carbonyl (C=O) groups is 2. The van der Waals surface area contributed by atoms with Crippen molar-refractivity contribution in [1.29, 1.82) is 0 Å². The smallest absolute Gasteiger partial charge is 0.255 e. The molecule has 2 aromatic carbocycles. The average molecular weight is 511 g/mol. The normalized spacial score (nSPS) is 15.8. The number of benzene rings is 2. The van der Waals surface area contributed by atoms with Crippen LogP contribution in [0, 0.1) is 0 Å². The van der Waals surface area contributed by atoms with Gasteiger partial charge >= 0.3 is 0 Å². The van der Waals surface area contributed by atoms with Crippen molar-refractivity contribution >= 4 is 11.7 Å². The highest BCUT2D eigenvalue weighted by Crippen LogP contribution is 2.33. The minimum Gasteiger partial charge on any atom is -0.489 e. The molecule has 2 aliphatic rings. The molecule has 0 spiro atoms. The fourth-order valence-electron chi connectivity index (χ4n) is 4.86. The standard InChI is InChI=1S/C28H36N2O4.C2H6.CH4/c1-3-6-26(21(2)31)30-19-25-24(28(30)32)8-4-9-27(25)34-20-23-12-10-22(11-13-23)7-5-14-29-15-17-33-18-16-29;1-2;/h4,8-13,26H,3,5-7,14-20H2,1-2H3;1-2H3;1H4. The Kier molecular flexibility index (Phi) is 12.8. The van der Waals surface area contributed by atoms with Crippen molar-refractivity contribution in [2.45, 2.75) is 80.0 Å². The summed E-state index contributed by atoms with van der Waals surface area (Å²) >= 11 is 0. The number of ether oxygens (including phenoxy) is 2. The van der Waals surface area contributed by atoms with Gasteiger partial charge in [0.2, 0.25) is 0 Å². The van der Waals surface area contributed by atoms with Crippen molar-refractivity contribution in [2.75, 3.05) is 32.8 Å². The van der Waals surface area contributed by atoms with E-state index in [2.05, 4.69) is 29.2 Å². The monoisotopic (exact) mass is 510 g/mol. The molecular weight excluding hydrogens is 464 g/mol. The van der Waals surface area contributed by atoms with Gasteiger partial charge in [0.25, 0.3) is 5.91 Å². The Hall–Kier alpha value is -2.70. The molecule has 0 aromatic heterocycles. The molecule has 1 saturated heterocycles. The molecule has 0 radical (unpaired) electrons. The van der Waals surface area contributed by atoms with Crippen LogP contribution >= 0.6 is 0 Å². The zero-order chi connectivity index (χ0) is 25.9. The summed E-state index contributed by atoms with van der Waals surface area (Å²) in [7, 11) is 0. The molecule has 1 unspecified atom stereocenters. The lowest BCUT2D eigenvalue weighted by Gasteiger charge is -2.26. The molecule has 1 atom stereocenters. The Bertz CT molecular complexity index is 983. The summed E-state index contributed by atoms with van der Waals surface area (Å²) in [6, 6.07) is 13.8. The largest absolute Gasteiger partial charge is 0.489 e. The van der Waals surface area contributed by atoms with E-state index in [1.807, 2.05) is 39.0 Å². The van der Waals surface area contributed by atoms with E-state index in [1.54, 1.807) is 11.8 Å². The highest BCUT2D eigenvalue weighted by Gasteiger charge is 2.36. The van der Waals surface area contributed by atoms with E-state index in [1.165, 1.54) is 5.56 Å². The summed E-state index contributed by atoms with van der Waals surface area (Å²) in [6.07, 6.45) is 3.76. The van der Waals surface area contributed by atoms with Crippen LogP contribution in [0.2, 0.25) is 0 Å². The van der Waals surface area contributed by atoms with E-state index in [4.69, 9.17) is 9.47 Å². The van der Waals surface area contributed by atoms with Crippen molar-refractivity contribution in [3.8, 4) is 5.75 Å². The Morgan fingerprint density at radius 3 is 2.38 bits per heavy atom. The van der Waals surface area contributed by atoms with Gasteiger partial charge in [0.15, 0.2) is 5.78 Å². The van der Waals surface area contributed by atoms with Gasteiger partial charge in [-0.05, 0) is 56.0 Å². The summed E-state index contributed by atoms with van der Waals surface area (Å²) in [5, 5.41) is 0. The van der Waals surface area contributed by atoms with Crippen LogP contribution in [0.3, 0.4) is 0 Å². The molecule has 1 amide bonds. The third kappa shape index (κ3) is 8.14. The van der Waals surface area contributed by atoms with Crippen LogP contribution in [0.25, 0.3) is 0 Å². The number of fused-ring (bicyclic) bond motifs is 1. The molecule has 0 saturated carbocycles. The zero-order valence-electron chi connectivity index (χ0n) is 22.4. The number of ketones is 1. The number of aryl methyl sites for hydroxylation is 1. The number of hydrogen-bond acceptors (Lipinski definition) is 5. The predicted molar refractivity (Wildman–Crippen MR) is 150 cm³/mol.